The summed E-state index contributed by atoms with van der Waals surface area (Å²) in [5, 5.41) is 7.70. The average Bonchev–Trinajstić information content (AvgIpc) is 3.15. The lowest BCUT2D eigenvalue weighted by Gasteiger charge is -2.31. The molecule has 7 heteroatoms. The fraction of sp³-hybridized carbons (Fsp3) is 0.526. The van der Waals surface area contributed by atoms with E-state index in [1.54, 1.807) is 0 Å². The van der Waals surface area contributed by atoms with Gasteiger partial charge in [-0.05, 0) is 42.0 Å². The molecule has 1 aliphatic rings. The Balaban J connectivity index is 1.43. The van der Waals surface area contributed by atoms with Crippen LogP contribution in [0.25, 0.3) is 0 Å². The van der Waals surface area contributed by atoms with Crippen molar-refractivity contribution in [1.82, 2.24) is 15.5 Å². The van der Waals surface area contributed by atoms with Crippen LogP contribution < -0.4 is 10.2 Å². The number of carbonyl (C=O) groups is 1. The summed E-state index contributed by atoms with van der Waals surface area (Å²) in [6.07, 6.45) is 4.35. The maximum Gasteiger partial charge on any atom is 0.266 e. The fourth-order valence-electron chi connectivity index (χ4n) is 3.26. The Kier molecular flexibility index (Phi) is 6.50. The van der Waals surface area contributed by atoms with Crippen LogP contribution in [0, 0.1) is 5.92 Å². The van der Waals surface area contributed by atoms with Gasteiger partial charge in [0.25, 0.3) is 5.95 Å². The van der Waals surface area contributed by atoms with Gasteiger partial charge in [0, 0.05) is 37.5 Å². The van der Waals surface area contributed by atoms with Gasteiger partial charge < -0.3 is 14.7 Å². The minimum atomic E-state index is 0.0647. The molecule has 1 atom stereocenters. The van der Waals surface area contributed by atoms with Gasteiger partial charge in [0.1, 0.15) is 0 Å². The molecule has 0 aliphatic carbocycles. The summed E-state index contributed by atoms with van der Waals surface area (Å²) in [6, 6.07) is 7.57. The molecular weight excluding hydrogens is 352 g/mol. The van der Waals surface area contributed by atoms with Gasteiger partial charge >= 0.3 is 0 Å². The van der Waals surface area contributed by atoms with Gasteiger partial charge in [0.2, 0.25) is 11.8 Å². The molecule has 3 rings (SSSR count). The molecule has 1 saturated heterocycles. The third-order valence-corrected chi connectivity index (χ3v) is 5.14. The zero-order valence-electron chi connectivity index (χ0n) is 15.1. The number of nitrogens with zero attached hydrogens (tertiary/aromatic N) is 3. The molecule has 0 bridgehead atoms. The van der Waals surface area contributed by atoms with Crippen LogP contribution in [0.2, 0.25) is 5.02 Å². The summed E-state index contributed by atoms with van der Waals surface area (Å²) in [6.45, 7) is 4.29. The van der Waals surface area contributed by atoms with Gasteiger partial charge in [0.15, 0.2) is 0 Å². The van der Waals surface area contributed by atoms with Crippen molar-refractivity contribution in [3.05, 3.63) is 40.7 Å². The van der Waals surface area contributed by atoms with E-state index in [1.165, 1.54) is 0 Å². The van der Waals surface area contributed by atoms with Crippen molar-refractivity contribution < 1.29 is 9.32 Å². The molecular formula is C19H25ClN4O2. The number of nitrogens with one attached hydrogen (secondary N) is 1. The molecule has 1 N–H and O–H groups in total. The average molecular weight is 377 g/mol. The molecule has 0 spiro atoms. The zero-order chi connectivity index (χ0) is 18.4. The normalized spacial score (nSPS) is 17.3. The predicted octanol–water partition coefficient (Wildman–Crippen LogP) is 3.60. The van der Waals surface area contributed by atoms with Crippen LogP contribution in [0.15, 0.2) is 28.8 Å². The van der Waals surface area contributed by atoms with Gasteiger partial charge in [-0.3, -0.25) is 4.79 Å². The van der Waals surface area contributed by atoms with Crippen molar-refractivity contribution in [3.8, 4) is 0 Å². The lowest BCUT2D eigenvalue weighted by molar-refractivity contribution is -0.121. The van der Waals surface area contributed by atoms with Crippen LogP contribution in [-0.4, -0.2) is 29.1 Å². The van der Waals surface area contributed by atoms with Crippen LogP contribution in [0.4, 0.5) is 5.95 Å². The van der Waals surface area contributed by atoms with Crippen LogP contribution in [0.3, 0.4) is 0 Å². The topological polar surface area (TPSA) is 71.3 Å². The molecule has 1 unspecified atom stereocenters. The second-order valence-corrected chi connectivity index (χ2v) is 7.11. The van der Waals surface area contributed by atoms with Crippen molar-refractivity contribution in [2.24, 2.45) is 5.92 Å². The van der Waals surface area contributed by atoms with Crippen molar-refractivity contribution in [2.45, 2.75) is 45.6 Å². The summed E-state index contributed by atoms with van der Waals surface area (Å²) in [5.41, 5.74) is 0.940. The van der Waals surface area contributed by atoms with Crippen molar-refractivity contribution in [1.29, 1.82) is 0 Å². The highest BCUT2D eigenvalue weighted by atomic mass is 35.5. The minimum Gasteiger partial charge on any atom is -0.352 e. The summed E-state index contributed by atoms with van der Waals surface area (Å²) < 4.78 is 5.21. The smallest absolute Gasteiger partial charge is 0.266 e. The van der Waals surface area contributed by atoms with E-state index in [-0.39, 0.29) is 5.91 Å². The molecule has 2 heterocycles. The Morgan fingerprint density at radius 3 is 3.04 bits per heavy atom. The largest absolute Gasteiger partial charge is 0.352 e. The van der Waals surface area contributed by atoms with Gasteiger partial charge in [0.05, 0.1) is 0 Å². The molecule has 140 valence electrons. The maximum atomic E-state index is 12.2. The minimum absolute atomic E-state index is 0.0647. The monoisotopic (exact) mass is 376 g/mol. The lowest BCUT2D eigenvalue weighted by Crippen LogP contribution is -2.36. The number of benzene rings is 1. The Morgan fingerprint density at radius 1 is 1.42 bits per heavy atom. The molecule has 1 aliphatic heterocycles. The maximum absolute atomic E-state index is 12.2. The summed E-state index contributed by atoms with van der Waals surface area (Å²) >= 11 is 6.12. The number of halogens is 1. The van der Waals surface area contributed by atoms with Crippen molar-refractivity contribution in [3.63, 3.8) is 0 Å². The van der Waals surface area contributed by atoms with Gasteiger partial charge in [-0.25, -0.2) is 0 Å². The van der Waals surface area contributed by atoms with Gasteiger partial charge in [-0.1, -0.05) is 36.7 Å². The Labute approximate surface area is 158 Å². The first-order chi connectivity index (χ1) is 12.7. The van der Waals surface area contributed by atoms with Crippen LogP contribution in [0.1, 0.15) is 44.1 Å². The molecule has 0 radical (unpaired) electrons. The first-order valence-corrected chi connectivity index (χ1v) is 9.61. The first-order valence-electron chi connectivity index (χ1n) is 9.23. The molecule has 2 aromatic rings. The summed E-state index contributed by atoms with van der Waals surface area (Å²) in [5.74, 6) is 1.88. The Bertz CT molecular complexity index is 734. The van der Waals surface area contributed by atoms with Crippen LogP contribution >= 0.6 is 11.6 Å². The summed E-state index contributed by atoms with van der Waals surface area (Å²) in [4.78, 5) is 18.7. The number of anilines is 1. The Morgan fingerprint density at radius 2 is 2.27 bits per heavy atom. The number of amides is 1. The Hall–Kier alpha value is -2.08. The van der Waals surface area contributed by atoms with Crippen LogP contribution in [0.5, 0.6) is 0 Å². The van der Waals surface area contributed by atoms with Gasteiger partial charge in [-0.2, -0.15) is 4.98 Å². The molecule has 26 heavy (non-hydrogen) atoms. The summed E-state index contributed by atoms with van der Waals surface area (Å²) in [7, 11) is 0. The van der Waals surface area contributed by atoms with E-state index >= 15 is 0 Å². The molecule has 6 nitrogen and oxygen atoms in total. The highest BCUT2D eigenvalue weighted by molar-refractivity contribution is 6.31. The number of hydrogen-bond acceptors (Lipinski definition) is 5. The number of hydrogen-bond donors (Lipinski definition) is 1. The van der Waals surface area contributed by atoms with E-state index < -0.39 is 0 Å². The molecule has 1 amide bonds. The lowest BCUT2D eigenvalue weighted by atomic mass is 9.93. The van der Waals surface area contributed by atoms with E-state index in [1.807, 2.05) is 31.2 Å². The van der Waals surface area contributed by atoms with E-state index in [4.69, 9.17) is 16.1 Å². The van der Waals surface area contributed by atoms with Crippen molar-refractivity contribution in [2.75, 3.05) is 18.0 Å². The standard InChI is InChI=1S/C19H25ClN4O2/c1-2-18-22-19(23-26-18)24-11-5-6-14(13-24)9-10-17(25)21-12-15-7-3-4-8-16(15)20/h3-4,7-8,14H,2,5-6,9-13H2,1H3,(H,21,25). The second-order valence-electron chi connectivity index (χ2n) is 6.70. The number of aromatic nitrogens is 2. The SMILES string of the molecule is CCc1nc(N2CCCC(CCC(=O)NCc3ccccc3Cl)C2)no1. The number of aryl methyl sites for hydroxylation is 1. The second kappa shape index (κ2) is 9.03. The molecule has 1 aromatic carbocycles. The van der Waals surface area contributed by atoms with E-state index in [2.05, 4.69) is 20.4 Å². The van der Waals surface area contributed by atoms with E-state index in [0.29, 0.717) is 35.7 Å². The zero-order valence-corrected chi connectivity index (χ0v) is 15.8. The quantitative estimate of drug-likeness (QED) is 0.799. The van der Waals surface area contributed by atoms with Gasteiger partial charge in [-0.15, -0.1) is 0 Å². The number of rotatable bonds is 7. The number of piperidine rings is 1. The predicted molar refractivity (Wildman–Crippen MR) is 101 cm³/mol. The molecule has 1 fully saturated rings. The van der Waals surface area contributed by atoms with E-state index in [9.17, 15) is 4.79 Å². The highest BCUT2D eigenvalue weighted by Gasteiger charge is 2.23. The first kappa shape index (κ1) is 18.7. The molecule has 1 aromatic heterocycles. The molecule has 0 saturated carbocycles. The van der Waals surface area contributed by atoms with E-state index in [0.717, 1.165) is 44.3 Å². The fourth-order valence-corrected chi connectivity index (χ4v) is 3.46. The third kappa shape index (κ3) is 4.97. The van der Waals surface area contributed by atoms with Crippen LogP contribution in [-0.2, 0) is 17.8 Å². The number of carbonyl (C=O) groups excluding carboxylic acids is 1. The third-order valence-electron chi connectivity index (χ3n) is 4.78. The highest BCUT2D eigenvalue weighted by Crippen LogP contribution is 2.24. The van der Waals surface area contributed by atoms with Crippen molar-refractivity contribution >= 4 is 23.5 Å².